The summed E-state index contributed by atoms with van der Waals surface area (Å²) in [6.45, 7) is 2.78. The van der Waals surface area contributed by atoms with Gasteiger partial charge in [-0.2, -0.15) is 0 Å². The fourth-order valence-electron chi connectivity index (χ4n) is 3.05. The molecule has 6 nitrogen and oxygen atoms in total. The number of piperidine rings is 1. The Hall–Kier alpha value is -2.50. The van der Waals surface area contributed by atoms with Crippen molar-refractivity contribution in [3.05, 3.63) is 30.0 Å². The van der Waals surface area contributed by atoms with Crippen molar-refractivity contribution in [2.75, 3.05) is 13.1 Å². The van der Waals surface area contributed by atoms with Crippen LogP contribution in [0.2, 0.25) is 0 Å². The summed E-state index contributed by atoms with van der Waals surface area (Å²) in [5.41, 5.74) is 0.994. The molecular formula is C17H21N3O3. The van der Waals surface area contributed by atoms with Crippen molar-refractivity contribution in [2.45, 2.75) is 26.2 Å². The van der Waals surface area contributed by atoms with Crippen LogP contribution in [0.1, 0.15) is 25.3 Å². The van der Waals surface area contributed by atoms with Gasteiger partial charge in [-0.05, 0) is 49.9 Å². The van der Waals surface area contributed by atoms with Gasteiger partial charge in [-0.3, -0.25) is 9.59 Å². The lowest BCUT2D eigenvalue weighted by Gasteiger charge is -2.31. The Labute approximate surface area is 134 Å². The second kappa shape index (κ2) is 5.95. The number of rotatable bonds is 4. The van der Waals surface area contributed by atoms with Gasteiger partial charge in [0.1, 0.15) is 11.2 Å². The third-order valence-corrected chi connectivity index (χ3v) is 4.57. The van der Waals surface area contributed by atoms with Crippen LogP contribution in [-0.2, 0) is 16.0 Å². The fraction of sp³-hybridized carbons (Fsp3) is 0.412. The number of aromatic amines is 1. The van der Waals surface area contributed by atoms with Gasteiger partial charge >= 0.3 is 0 Å². The van der Waals surface area contributed by atoms with Crippen molar-refractivity contribution < 1.29 is 14.7 Å². The number of aromatic nitrogens is 1. The number of aromatic hydroxyl groups is 1. The van der Waals surface area contributed by atoms with E-state index in [1.165, 1.54) is 0 Å². The molecule has 23 heavy (non-hydrogen) atoms. The molecule has 1 atom stereocenters. The quantitative estimate of drug-likeness (QED) is 0.643. The Balaban J connectivity index is 1.63. The van der Waals surface area contributed by atoms with E-state index >= 15 is 0 Å². The molecule has 1 aliphatic rings. The summed E-state index contributed by atoms with van der Waals surface area (Å²) < 4.78 is 0. The van der Waals surface area contributed by atoms with Gasteiger partial charge in [0.05, 0.1) is 0 Å². The first-order valence-corrected chi connectivity index (χ1v) is 7.86. The monoisotopic (exact) mass is 315 g/mol. The summed E-state index contributed by atoms with van der Waals surface area (Å²) >= 11 is 0. The van der Waals surface area contributed by atoms with Crippen LogP contribution in [0.15, 0.2) is 24.4 Å². The molecule has 122 valence electrons. The van der Waals surface area contributed by atoms with E-state index in [0.717, 1.165) is 22.9 Å². The molecule has 1 saturated heterocycles. The molecule has 6 heteroatoms. The lowest BCUT2D eigenvalue weighted by atomic mass is 9.81. The van der Waals surface area contributed by atoms with Gasteiger partial charge in [0.2, 0.25) is 11.8 Å². The second-order valence-electron chi connectivity index (χ2n) is 6.24. The molecule has 3 rings (SSSR count). The molecule has 2 aromatic rings. The highest BCUT2D eigenvalue weighted by Crippen LogP contribution is 2.27. The lowest BCUT2D eigenvalue weighted by Crippen LogP contribution is -2.53. The molecule has 1 unspecified atom stereocenters. The second-order valence-corrected chi connectivity index (χ2v) is 6.24. The largest absolute Gasteiger partial charge is 0.508 e. The van der Waals surface area contributed by atoms with Crippen LogP contribution in [0.5, 0.6) is 5.75 Å². The zero-order chi connectivity index (χ0) is 16.4. The van der Waals surface area contributed by atoms with Crippen molar-refractivity contribution in [1.29, 1.82) is 0 Å². The molecule has 1 aromatic carbocycles. The molecule has 0 bridgehead atoms. The number of H-pyrrole nitrogens is 1. The molecule has 0 radical (unpaired) electrons. The lowest BCUT2D eigenvalue weighted by molar-refractivity contribution is -0.144. The number of benzene rings is 1. The van der Waals surface area contributed by atoms with Crippen molar-refractivity contribution in [3.63, 3.8) is 0 Å². The summed E-state index contributed by atoms with van der Waals surface area (Å²) in [5.74, 6) is -0.204. The Morgan fingerprint density at radius 1 is 1.43 bits per heavy atom. The van der Waals surface area contributed by atoms with E-state index in [1.54, 1.807) is 19.1 Å². The predicted octanol–water partition coefficient (Wildman–Crippen LogP) is 1.45. The van der Waals surface area contributed by atoms with E-state index < -0.39 is 5.41 Å². The highest BCUT2D eigenvalue weighted by Gasteiger charge is 2.42. The van der Waals surface area contributed by atoms with Gasteiger partial charge in [-0.25, -0.2) is 0 Å². The van der Waals surface area contributed by atoms with Crippen LogP contribution in [0.4, 0.5) is 0 Å². The Bertz CT molecular complexity index is 753. The number of hydrogen-bond donors (Lipinski definition) is 4. The maximum Gasteiger partial charge on any atom is 0.235 e. The highest BCUT2D eigenvalue weighted by atomic mass is 16.3. The van der Waals surface area contributed by atoms with Gasteiger partial charge < -0.3 is 20.7 Å². The van der Waals surface area contributed by atoms with E-state index in [4.69, 9.17) is 0 Å². The van der Waals surface area contributed by atoms with Crippen LogP contribution in [0.3, 0.4) is 0 Å². The Kier molecular flexibility index (Phi) is 3.98. The minimum atomic E-state index is -0.975. The number of fused-ring (bicyclic) bond motifs is 1. The minimum absolute atomic E-state index is 0.196. The van der Waals surface area contributed by atoms with Crippen molar-refractivity contribution in [1.82, 2.24) is 15.6 Å². The number of nitrogens with one attached hydrogen (secondary N) is 3. The number of amides is 2. The van der Waals surface area contributed by atoms with E-state index in [0.29, 0.717) is 25.9 Å². The number of phenolic OH excluding ortho intramolecular Hbond substituents is 1. The van der Waals surface area contributed by atoms with Crippen molar-refractivity contribution in [2.24, 2.45) is 5.41 Å². The van der Waals surface area contributed by atoms with E-state index in [9.17, 15) is 14.7 Å². The van der Waals surface area contributed by atoms with Gasteiger partial charge in [-0.15, -0.1) is 0 Å². The normalized spacial score (nSPS) is 21.2. The summed E-state index contributed by atoms with van der Waals surface area (Å²) in [6, 6.07) is 5.16. The molecule has 0 saturated carbocycles. The minimum Gasteiger partial charge on any atom is -0.508 e. The molecule has 1 aromatic heterocycles. The Morgan fingerprint density at radius 3 is 3.04 bits per heavy atom. The fourth-order valence-corrected chi connectivity index (χ4v) is 3.05. The standard InChI is InChI=1S/C17H21N3O3/c1-17(6-2-7-18-15(17)22)16(23)19-8-5-11-10-20-14-4-3-12(21)9-13(11)14/h3-4,9-10,20-21H,2,5-8H2,1H3,(H,18,22)(H,19,23). The third-order valence-electron chi connectivity index (χ3n) is 4.57. The molecule has 0 spiro atoms. The molecule has 1 aliphatic heterocycles. The van der Waals surface area contributed by atoms with Crippen LogP contribution in [0, 0.1) is 5.41 Å². The first kappa shape index (κ1) is 15.4. The maximum absolute atomic E-state index is 12.4. The Morgan fingerprint density at radius 2 is 2.26 bits per heavy atom. The third kappa shape index (κ3) is 2.88. The van der Waals surface area contributed by atoms with Gasteiger partial charge in [0.25, 0.3) is 0 Å². The predicted molar refractivity (Wildman–Crippen MR) is 87.0 cm³/mol. The van der Waals surface area contributed by atoms with E-state index in [1.807, 2.05) is 12.3 Å². The number of carbonyl (C=O) groups excluding carboxylic acids is 2. The molecule has 2 amide bonds. The molecule has 0 aliphatic carbocycles. The van der Waals surface area contributed by atoms with Crippen LogP contribution in [-0.4, -0.2) is 35.0 Å². The van der Waals surface area contributed by atoms with Gasteiger partial charge in [-0.1, -0.05) is 0 Å². The number of phenols is 1. The zero-order valence-corrected chi connectivity index (χ0v) is 13.1. The molecular weight excluding hydrogens is 294 g/mol. The molecule has 2 heterocycles. The summed E-state index contributed by atoms with van der Waals surface area (Å²) in [4.78, 5) is 27.5. The number of carbonyl (C=O) groups is 2. The number of hydrogen-bond acceptors (Lipinski definition) is 3. The van der Waals surface area contributed by atoms with Gasteiger partial charge in [0, 0.05) is 30.2 Å². The molecule has 4 N–H and O–H groups in total. The van der Waals surface area contributed by atoms with Crippen molar-refractivity contribution >= 4 is 22.7 Å². The van der Waals surface area contributed by atoms with E-state index in [2.05, 4.69) is 15.6 Å². The first-order valence-electron chi connectivity index (χ1n) is 7.86. The van der Waals surface area contributed by atoms with Crippen molar-refractivity contribution in [3.8, 4) is 5.75 Å². The average molecular weight is 315 g/mol. The topological polar surface area (TPSA) is 94.2 Å². The van der Waals surface area contributed by atoms with Crippen LogP contribution < -0.4 is 10.6 Å². The van der Waals surface area contributed by atoms with E-state index in [-0.39, 0.29) is 17.6 Å². The smallest absolute Gasteiger partial charge is 0.235 e. The zero-order valence-electron chi connectivity index (χ0n) is 13.1. The summed E-state index contributed by atoms with van der Waals surface area (Å²) in [6.07, 6.45) is 3.90. The molecule has 1 fully saturated rings. The summed E-state index contributed by atoms with van der Waals surface area (Å²) in [5, 5.41) is 16.2. The average Bonchev–Trinajstić information content (AvgIpc) is 2.92. The summed E-state index contributed by atoms with van der Waals surface area (Å²) in [7, 11) is 0. The first-order chi connectivity index (χ1) is 11.0. The van der Waals surface area contributed by atoms with Crippen LogP contribution in [0.25, 0.3) is 10.9 Å². The maximum atomic E-state index is 12.4. The van der Waals surface area contributed by atoms with Gasteiger partial charge in [0.15, 0.2) is 0 Å². The van der Waals surface area contributed by atoms with Crippen LogP contribution >= 0.6 is 0 Å². The highest BCUT2D eigenvalue weighted by molar-refractivity contribution is 6.05. The SMILES string of the molecule is CC1(C(=O)NCCc2c[nH]c3ccc(O)cc23)CCCNC1=O.